The lowest BCUT2D eigenvalue weighted by Crippen LogP contribution is -2.42. The van der Waals surface area contributed by atoms with Crippen molar-refractivity contribution in [2.24, 2.45) is 5.73 Å². The van der Waals surface area contributed by atoms with Gasteiger partial charge in [-0.25, -0.2) is 0 Å². The molecular formula is C14H24ClN3S. The lowest BCUT2D eigenvalue weighted by atomic mass is 10.0. The molecule has 1 aromatic heterocycles. The summed E-state index contributed by atoms with van der Waals surface area (Å²) in [6.07, 6.45) is 2.20. The van der Waals surface area contributed by atoms with Gasteiger partial charge in [0.15, 0.2) is 0 Å². The molecule has 0 bridgehead atoms. The molecule has 0 aliphatic carbocycles. The Morgan fingerprint density at radius 1 is 1.32 bits per heavy atom. The molecule has 0 spiro atoms. The van der Waals surface area contributed by atoms with E-state index in [-0.39, 0.29) is 6.04 Å². The molecular weight excluding hydrogens is 278 g/mol. The third kappa shape index (κ3) is 3.92. The molecule has 5 heteroatoms. The Morgan fingerprint density at radius 3 is 2.74 bits per heavy atom. The Bertz CT molecular complexity index is 396. The van der Waals surface area contributed by atoms with E-state index < -0.39 is 0 Å². The number of halogens is 1. The second-order valence-corrected chi connectivity index (χ2v) is 7.10. The number of likely N-dealkylation sites (N-methyl/N-ethyl adjacent to an activating group) is 1. The van der Waals surface area contributed by atoms with Gasteiger partial charge in [-0.05, 0) is 38.6 Å². The van der Waals surface area contributed by atoms with Crippen molar-refractivity contribution < 1.29 is 0 Å². The van der Waals surface area contributed by atoms with E-state index in [0.717, 1.165) is 30.4 Å². The number of nitrogens with zero attached hydrogens (tertiary/aromatic N) is 2. The van der Waals surface area contributed by atoms with E-state index in [9.17, 15) is 0 Å². The van der Waals surface area contributed by atoms with E-state index in [4.69, 9.17) is 17.3 Å². The molecule has 108 valence electrons. The first-order valence-corrected chi connectivity index (χ1v) is 8.24. The molecule has 2 heterocycles. The van der Waals surface area contributed by atoms with Gasteiger partial charge in [0.1, 0.15) is 0 Å². The van der Waals surface area contributed by atoms with Crippen LogP contribution in [0.3, 0.4) is 0 Å². The molecule has 19 heavy (non-hydrogen) atoms. The molecule has 0 aromatic carbocycles. The Kier molecular flexibility index (Phi) is 5.66. The van der Waals surface area contributed by atoms with E-state index in [0.29, 0.717) is 6.04 Å². The molecule has 1 fully saturated rings. The summed E-state index contributed by atoms with van der Waals surface area (Å²) in [4.78, 5) is 6.25. The largest absolute Gasteiger partial charge is 0.326 e. The van der Waals surface area contributed by atoms with Gasteiger partial charge in [-0.2, -0.15) is 0 Å². The van der Waals surface area contributed by atoms with E-state index in [1.165, 1.54) is 17.8 Å². The predicted octanol–water partition coefficient (Wildman–Crippen LogP) is 2.82. The van der Waals surface area contributed by atoms with Gasteiger partial charge in [-0.1, -0.05) is 18.5 Å². The second-order valence-electron chi connectivity index (χ2n) is 5.35. The summed E-state index contributed by atoms with van der Waals surface area (Å²) >= 11 is 7.77. The van der Waals surface area contributed by atoms with E-state index >= 15 is 0 Å². The summed E-state index contributed by atoms with van der Waals surface area (Å²) in [7, 11) is 2.19. The second kappa shape index (κ2) is 7.04. The lowest BCUT2D eigenvalue weighted by Gasteiger charge is -2.33. The third-order valence-electron chi connectivity index (χ3n) is 3.91. The molecule has 2 unspecified atom stereocenters. The average molecular weight is 302 g/mol. The molecule has 0 radical (unpaired) electrons. The number of rotatable bonds is 4. The van der Waals surface area contributed by atoms with Crippen LogP contribution in [0, 0.1) is 0 Å². The molecule has 2 rings (SSSR count). The van der Waals surface area contributed by atoms with E-state index in [2.05, 4.69) is 29.8 Å². The van der Waals surface area contributed by atoms with Crippen LogP contribution >= 0.6 is 22.9 Å². The maximum Gasteiger partial charge on any atom is 0.0931 e. The summed E-state index contributed by atoms with van der Waals surface area (Å²) in [5.74, 6) is 0. The van der Waals surface area contributed by atoms with Crippen LogP contribution in [0.1, 0.15) is 30.7 Å². The van der Waals surface area contributed by atoms with Crippen LogP contribution in [0.2, 0.25) is 4.34 Å². The molecule has 3 nitrogen and oxygen atoms in total. The summed E-state index contributed by atoms with van der Waals surface area (Å²) in [6.45, 7) is 6.67. The Hall–Kier alpha value is -0.130. The highest BCUT2D eigenvalue weighted by Crippen LogP contribution is 2.33. The zero-order chi connectivity index (χ0) is 13.8. The van der Waals surface area contributed by atoms with Gasteiger partial charge in [0.05, 0.1) is 10.4 Å². The zero-order valence-electron chi connectivity index (χ0n) is 11.8. The van der Waals surface area contributed by atoms with Crippen LogP contribution < -0.4 is 5.73 Å². The van der Waals surface area contributed by atoms with Crippen molar-refractivity contribution in [3.05, 3.63) is 21.3 Å². The van der Waals surface area contributed by atoms with Crippen LogP contribution in [-0.2, 0) is 0 Å². The van der Waals surface area contributed by atoms with Crippen LogP contribution in [-0.4, -0.2) is 49.1 Å². The van der Waals surface area contributed by atoms with Gasteiger partial charge in [0, 0.05) is 30.6 Å². The minimum atomic E-state index is 0.179. The normalized spacial score (nSPS) is 22.1. The fraction of sp³-hybridized carbons (Fsp3) is 0.714. The quantitative estimate of drug-likeness (QED) is 0.928. The molecule has 1 aromatic rings. The summed E-state index contributed by atoms with van der Waals surface area (Å²) in [6, 6.07) is 4.62. The van der Waals surface area contributed by atoms with Gasteiger partial charge in [-0.3, -0.25) is 4.90 Å². The first-order chi connectivity index (χ1) is 9.11. The van der Waals surface area contributed by atoms with Crippen molar-refractivity contribution in [2.45, 2.75) is 31.8 Å². The summed E-state index contributed by atoms with van der Waals surface area (Å²) in [5, 5.41) is 0. The standard InChI is InChI=1S/C14H24ClN3S/c1-3-11(16)14(12-5-6-13(15)19-12)18-8-4-7-17(2)9-10-18/h5-6,11,14H,3-4,7-10,16H2,1-2H3. The maximum atomic E-state index is 6.38. The van der Waals surface area contributed by atoms with Crippen LogP contribution in [0.25, 0.3) is 0 Å². The zero-order valence-corrected chi connectivity index (χ0v) is 13.4. The third-order valence-corrected chi connectivity index (χ3v) is 5.21. The highest BCUT2D eigenvalue weighted by Gasteiger charge is 2.28. The van der Waals surface area contributed by atoms with E-state index in [1.54, 1.807) is 11.3 Å². The Balaban J connectivity index is 2.17. The molecule has 2 N–H and O–H groups in total. The summed E-state index contributed by atoms with van der Waals surface area (Å²) in [5.41, 5.74) is 6.38. The van der Waals surface area contributed by atoms with Gasteiger partial charge >= 0.3 is 0 Å². The Morgan fingerprint density at radius 2 is 2.11 bits per heavy atom. The Labute approximate surface area is 125 Å². The fourth-order valence-electron chi connectivity index (χ4n) is 2.72. The first kappa shape index (κ1) is 15.3. The van der Waals surface area contributed by atoms with Crippen LogP contribution in [0.4, 0.5) is 0 Å². The minimum absolute atomic E-state index is 0.179. The number of hydrogen-bond acceptors (Lipinski definition) is 4. The monoisotopic (exact) mass is 301 g/mol. The number of hydrogen-bond donors (Lipinski definition) is 1. The first-order valence-electron chi connectivity index (χ1n) is 7.05. The summed E-state index contributed by atoms with van der Waals surface area (Å²) < 4.78 is 0.857. The van der Waals surface area contributed by atoms with Crippen molar-refractivity contribution in [3.63, 3.8) is 0 Å². The van der Waals surface area contributed by atoms with Crippen molar-refractivity contribution in [3.8, 4) is 0 Å². The molecule has 1 saturated heterocycles. The molecule has 0 saturated carbocycles. The molecule has 2 atom stereocenters. The van der Waals surface area contributed by atoms with Crippen molar-refractivity contribution in [1.29, 1.82) is 0 Å². The molecule has 0 amide bonds. The highest BCUT2D eigenvalue weighted by atomic mass is 35.5. The smallest absolute Gasteiger partial charge is 0.0931 e. The van der Waals surface area contributed by atoms with Gasteiger partial charge in [-0.15, -0.1) is 11.3 Å². The number of nitrogens with two attached hydrogens (primary N) is 1. The topological polar surface area (TPSA) is 32.5 Å². The SMILES string of the molecule is CCC(N)C(c1ccc(Cl)s1)N1CCCN(C)CC1. The molecule has 1 aliphatic heterocycles. The fourth-order valence-corrected chi connectivity index (χ4v) is 3.99. The maximum absolute atomic E-state index is 6.38. The lowest BCUT2D eigenvalue weighted by molar-refractivity contribution is 0.178. The van der Waals surface area contributed by atoms with Crippen LogP contribution in [0.15, 0.2) is 12.1 Å². The van der Waals surface area contributed by atoms with Gasteiger partial charge in [0.25, 0.3) is 0 Å². The van der Waals surface area contributed by atoms with Crippen LogP contribution in [0.5, 0.6) is 0 Å². The number of thiophene rings is 1. The van der Waals surface area contributed by atoms with Gasteiger partial charge < -0.3 is 10.6 Å². The van der Waals surface area contributed by atoms with Crippen molar-refractivity contribution in [1.82, 2.24) is 9.80 Å². The predicted molar refractivity (Wildman–Crippen MR) is 84.0 cm³/mol. The molecule has 1 aliphatic rings. The minimum Gasteiger partial charge on any atom is -0.326 e. The average Bonchev–Trinajstić information content (AvgIpc) is 2.69. The van der Waals surface area contributed by atoms with Crippen molar-refractivity contribution >= 4 is 22.9 Å². The van der Waals surface area contributed by atoms with Gasteiger partial charge in [0.2, 0.25) is 0 Å². The highest BCUT2D eigenvalue weighted by molar-refractivity contribution is 7.16. The van der Waals surface area contributed by atoms with Crippen molar-refractivity contribution in [2.75, 3.05) is 33.2 Å². The van der Waals surface area contributed by atoms with E-state index in [1.807, 2.05) is 6.07 Å².